The number of nitrogens with zero attached hydrogens (tertiary/aromatic N) is 3. The van der Waals surface area contributed by atoms with Gasteiger partial charge in [-0.3, -0.25) is 0 Å². The molecule has 2 aromatic rings. The molecule has 3 rings (SSSR count). The van der Waals surface area contributed by atoms with E-state index in [9.17, 15) is 8.42 Å². The number of hydrogen-bond donors (Lipinski definition) is 0. The maximum Gasteiger partial charge on any atom is 0.158 e. The summed E-state index contributed by atoms with van der Waals surface area (Å²) in [5, 5.41) is 3.03. The summed E-state index contributed by atoms with van der Waals surface area (Å²) in [6.45, 7) is 6.59. The Labute approximate surface area is 128 Å². The molecule has 1 aliphatic heterocycles. The number of fused-ring (bicyclic) bond motifs is 1. The molecule has 114 valence electrons. The molecule has 1 fully saturated rings. The lowest BCUT2D eigenvalue weighted by Gasteiger charge is -2.38. The molecule has 0 aliphatic carbocycles. The minimum atomic E-state index is -3.04. The Kier molecular flexibility index (Phi) is 3.44. The second-order valence-corrected chi connectivity index (χ2v) is 9.59. The number of aromatic nitrogens is 2. The van der Waals surface area contributed by atoms with Crippen LogP contribution in [-0.4, -0.2) is 42.0 Å². The lowest BCUT2D eigenvalue weighted by Crippen LogP contribution is -2.53. The molecule has 0 aromatic carbocycles. The van der Waals surface area contributed by atoms with E-state index in [4.69, 9.17) is 0 Å². The van der Waals surface area contributed by atoms with E-state index in [0.717, 1.165) is 28.3 Å². The Morgan fingerprint density at radius 2 is 2.14 bits per heavy atom. The van der Waals surface area contributed by atoms with Gasteiger partial charge in [0.25, 0.3) is 0 Å². The smallest absolute Gasteiger partial charge is 0.158 e. The van der Waals surface area contributed by atoms with Gasteiger partial charge in [-0.2, -0.15) is 0 Å². The molecular formula is C14H19N3O2S2. The third-order valence-electron chi connectivity index (χ3n) is 4.01. The summed E-state index contributed by atoms with van der Waals surface area (Å²) in [6.07, 6.45) is 0.774. The van der Waals surface area contributed by atoms with Crippen molar-refractivity contribution in [1.29, 1.82) is 0 Å². The number of aryl methyl sites for hydroxylation is 1. The lowest BCUT2D eigenvalue weighted by atomic mass is 10.1. The van der Waals surface area contributed by atoms with Crippen molar-refractivity contribution in [2.75, 3.05) is 23.7 Å². The molecule has 0 atom stereocenters. The quantitative estimate of drug-likeness (QED) is 0.847. The zero-order valence-electron chi connectivity index (χ0n) is 12.5. The predicted molar refractivity (Wildman–Crippen MR) is 86.9 cm³/mol. The van der Waals surface area contributed by atoms with Crippen LogP contribution in [0.1, 0.15) is 26.6 Å². The molecule has 0 spiro atoms. The van der Waals surface area contributed by atoms with Gasteiger partial charge in [-0.15, -0.1) is 11.3 Å². The van der Waals surface area contributed by atoms with Crippen LogP contribution in [-0.2, 0) is 16.3 Å². The van der Waals surface area contributed by atoms with Crippen LogP contribution in [0.3, 0.4) is 0 Å². The summed E-state index contributed by atoms with van der Waals surface area (Å²) in [4.78, 5) is 12.3. The Morgan fingerprint density at radius 3 is 2.81 bits per heavy atom. The monoisotopic (exact) mass is 325 g/mol. The zero-order valence-corrected chi connectivity index (χ0v) is 14.1. The van der Waals surface area contributed by atoms with E-state index in [0.29, 0.717) is 13.1 Å². The molecule has 0 bridgehead atoms. The SMILES string of the molecule is CCc1nc(N2CCS(=O)(=O)C(C)(C)C2)c2ccsc2n1. The highest BCUT2D eigenvalue weighted by Crippen LogP contribution is 2.32. The minimum Gasteiger partial charge on any atom is -0.353 e. The van der Waals surface area contributed by atoms with Crippen molar-refractivity contribution in [1.82, 2.24) is 9.97 Å². The van der Waals surface area contributed by atoms with Crippen molar-refractivity contribution < 1.29 is 8.42 Å². The fourth-order valence-electron chi connectivity index (χ4n) is 2.61. The molecule has 5 nitrogen and oxygen atoms in total. The Morgan fingerprint density at radius 1 is 1.38 bits per heavy atom. The van der Waals surface area contributed by atoms with Crippen molar-refractivity contribution in [3.8, 4) is 0 Å². The average molecular weight is 325 g/mol. The van der Waals surface area contributed by atoms with Gasteiger partial charge >= 0.3 is 0 Å². The van der Waals surface area contributed by atoms with E-state index < -0.39 is 14.6 Å². The summed E-state index contributed by atoms with van der Waals surface area (Å²) in [5.41, 5.74) is 0. The standard InChI is InChI=1S/C14H19N3O2S2/c1-4-11-15-12(10-5-7-20-13(10)16-11)17-6-8-21(18,19)14(2,3)9-17/h5,7H,4,6,8-9H2,1-3H3. The fourth-order valence-corrected chi connectivity index (χ4v) is 4.75. The van der Waals surface area contributed by atoms with Crippen LogP contribution < -0.4 is 4.90 Å². The van der Waals surface area contributed by atoms with Crippen molar-refractivity contribution >= 4 is 37.2 Å². The number of thiophene rings is 1. The van der Waals surface area contributed by atoms with Crippen LogP contribution in [0.5, 0.6) is 0 Å². The van der Waals surface area contributed by atoms with Crippen LogP contribution in [0, 0.1) is 0 Å². The molecule has 2 aromatic heterocycles. The Hall–Kier alpha value is -1.21. The van der Waals surface area contributed by atoms with Crippen LogP contribution in [0.15, 0.2) is 11.4 Å². The normalized spacial score (nSPS) is 20.8. The van der Waals surface area contributed by atoms with Gasteiger partial charge in [-0.1, -0.05) is 6.92 Å². The summed E-state index contributed by atoms with van der Waals surface area (Å²) >= 11 is 1.60. The van der Waals surface area contributed by atoms with Crippen LogP contribution in [0.2, 0.25) is 0 Å². The maximum absolute atomic E-state index is 12.2. The molecule has 0 N–H and O–H groups in total. The van der Waals surface area contributed by atoms with Crippen LogP contribution in [0.4, 0.5) is 5.82 Å². The highest BCUT2D eigenvalue weighted by molar-refractivity contribution is 7.92. The first-order valence-electron chi connectivity index (χ1n) is 7.05. The van der Waals surface area contributed by atoms with E-state index in [-0.39, 0.29) is 5.75 Å². The third kappa shape index (κ3) is 2.42. The van der Waals surface area contributed by atoms with Crippen molar-refractivity contribution in [3.63, 3.8) is 0 Å². The van der Waals surface area contributed by atoms with Gasteiger partial charge in [0.15, 0.2) is 9.84 Å². The van der Waals surface area contributed by atoms with Gasteiger partial charge in [0.2, 0.25) is 0 Å². The van der Waals surface area contributed by atoms with Gasteiger partial charge in [0.05, 0.1) is 15.9 Å². The summed E-state index contributed by atoms with van der Waals surface area (Å²) in [6, 6.07) is 2.02. The Balaban J connectivity index is 2.07. The number of rotatable bonds is 2. The number of hydrogen-bond acceptors (Lipinski definition) is 6. The first-order chi connectivity index (χ1) is 9.84. The van der Waals surface area contributed by atoms with Gasteiger partial charge < -0.3 is 4.90 Å². The molecular weight excluding hydrogens is 306 g/mol. The fraction of sp³-hybridized carbons (Fsp3) is 0.571. The van der Waals surface area contributed by atoms with Gasteiger partial charge in [0.1, 0.15) is 16.5 Å². The van der Waals surface area contributed by atoms with E-state index in [1.807, 2.05) is 18.4 Å². The highest BCUT2D eigenvalue weighted by Gasteiger charge is 2.40. The highest BCUT2D eigenvalue weighted by atomic mass is 32.2. The lowest BCUT2D eigenvalue weighted by molar-refractivity contribution is 0.522. The molecule has 0 amide bonds. The second kappa shape index (κ2) is 4.91. The van der Waals surface area contributed by atoms with E-state index in [2.05, 4.69) is 14.9 Å². The van der Waals surface area contributed by atoms with Gasteiger partial charge in [-0.25, -0.2) is 18.4 Å². The maximum atomic E-state index is 12.2. The number of sulfone groups is 1. The van der Waals surface area contributed by atoms with Crippen molar-refractivity contribution in [2.24, 2.45) is 0 Å². The topological polar surface area (TPSA) is 63.2 Å². The Bertz CT molecular complexity index is 781. The number of anilines is 1. The van der Waals surface area contributed by atoms with E-state index >= 15 is 0 Å². The van der Waals surface area contributed by atoms with Gasteiger partial charge in [0, 0.05) is 19.5 Å². The van der Waals surface area contributed by atoms with E-state index in [1.54, 1.807) is 25.2 Å². The summed E-state index contributed by atoms with van der Waals surface area (Å²) in [5.74, 6) is 1.86. The second-order valence-electron chi connectivity index (χ2n) is 5.96. The molecule has 0 saturated carbocycles. The molecule has 0 unspecified atom stereocenters. The molecule has 7 heteroatoms. The molecule has 21 heavy (non-hydrogen) atoms. The molecule has 1 saturated heterocycles. The molecule has 0 radical (unpaired) electrons. The average Bonchev–Trinajstić information content (AvgIpc) is 2.89. The summed E-state index contributed by atoms with van der Waals surface area (Å²) in [7, 11) is -3.04. The largest absolute Gasteiger partial charge is 0.353 e. The zero-order chi connectivity index (χ0) is 15.3. The van der Waals surface area contributed by atoms with Crippen molar-refractivity contribution in [2.45, 2.75) is 31.9 Å². The van der Waals surface area contributed by atoms with E-state index in [1.165, 1.54) is 0 Å². The first kappa shape index (κ1) is 14.7. The first-order valence-corrected chi connectivity index (χ1v) is 9.58. The predicted octanol–water partition coefficient (Wildman–Crippen LogP) is 2.27. The molecule has 1 aliphatic rings. The third-order valence-corrected chi connectivity index (χ3v) is 7.35. The van der Waals surface area contributed by atoms with Crippen molar-refractivity contribution in [3.05, 3.63) is 17.3 Å². The minimum absolute atomic E-state index is 0.178. The van der Waals surface area contributed by atoms with Crippen LogP contribution in [0.25, 0.3) is 10.2 Å². The van der Waals surface area contributed by atoms with Crippen LogP contribution >= 0.6 is 11.3 Å². The summed E-state index contributed by atoms with van der Waals surface area (Å²) < 4.78 is 23.6. The van der Waals surface area contributed by atoms with Gasteiger partial charge in [-0.05, 0) is 25.3 Å². The molecule has 3 heterocycles.